The van der Waals surface area contributed by atoms with E-state index >= 15 is 0 Å². The summed E-state index contributed by atoms with van der Waals surface area (Å²) in [6.45, 7) is 5.48. The largest absolute Gasteiger partial charge is 0.494 e. The summed E-state index contributed by atoms with van der Waals surface area (Å²) in [6, 6.07) is 8.76. The molecule has 0 unspecified atom stereocenters. The van der Waals surface area contributed by atoms with Crippen LogP contribution in [0.5, 0.6) is 5.75 Å². The highest BCUT2D eigenvalue weighted by Crippen LogP contribution is 2.32. The van der Waals surface area contributed by atoms with E-state index in [1.54, 1.807) is 0 Å². The summed E-state index contributed by atoms with van der Waals surface area (Å²) in [4.78, 5) is 0. The van der Waals surface area contributed by atoms with E-state index in [0.717, 1.165) is 24.2 Å². The first-order valence-corrected chi connectivity index (χ1v) is 10.0. The quantitative estimate of drug-likeness (QED) is 0.431. The molecule has 0 radical (unpaired) electrons. The number of ether oxygens (including phenoxy) is 1. The highest BCUT2D eigenvalue weighted by Gasteiger charge is 2.19. The number of hydrogen-bond acceptors (Lipinski definition) is 1. The third-order valence-corrected chi connectivity index (χ3v) is 5.56. The molecule has 1 aromatic rings. The molecule has 23 heavy (non-hydrogen) atoms. The molecule has 2 rings (SSSR count). The van der Waals surface area contributed by atoms with Gasteiger partial charge in [0.15, 0.2) is 0 Å². The van der Waals surface area contributed by atoms with Gasteiger partial charge in [0.2, 0.25) is 0 Å². The Morgan fingerprint density at radius 1 is 0.870 bits per heavy atom. The molecular formula is C22H36O. The molecule has 0 bridgehead atoms. The van der Waals surface area contributed by atoms with Crippen molar-refractivity contribution in [3.63, 3.8) is 0 Å². The van der Waals surface area contributed by atoms with Crippen molar-refractivity contribution in [1.82, 2.24) is 0 Å². The number of aryl methyl sites for hydroxylation is 1. The Kier molecular flexibility index (Phi) is 8.57. The van der Waals surface area contributed by atoms with Gasteiger partial charge >= 0.3 is 0 Å². The Hall–Kier alpha value is -0.980. The van der Waals surface area contributed by atoms with Gasteiger partial charge in [-0.25, -0.2) is 0 Å². The van der Waals surface area contributed by atoms with E-state index < -0.39 is 0 Å². The van der Waals surface area contributed by atoms with Gasteiger partial charge in [0, 0.05) is 0 Å². The summed E-state index contributed by atoms with van der Waals surface area (Å²) in [5.74, 6) is 3.01. The molecular weight excluding hydrogens is 280 g/mol. The standard InChI is InChI=1S/C22H36O/c1-3-5-6-8-20-14-16-22(17-15-20)23-18-7-9-21-12-10-19(4-2)11-13-21/h14-17,19,21H,3-13,18H2,1-2H3/t19-,21-. The molecule has 0 aromatic heterocycles. The minimum atomic E-state index is 0.878. The first-order valence-electron chi connectivity index (χ1n) is 10.0. The fourth-order valence-electron chi connectivity index (χ4n) is 3.82. The fraction of sp³-hybridized carbons (Fsp3) is 0.727. The van der Waals surface area contributed by atoms with Gasteiger partial charge in [-0.15, -0.1) is 0 Å². The van der Waals surface area contributed by atoms with Crippen LogP contribution >= 0.6 is 0 Å². The van der Waals surface area contributed by atoms with Crippen molar-refractivity contribution in [3.05, 3.63) is 29.8 Å². The van der Waals surface area contributed by atoms with Gasteiger partial charge in [0.1, 0.15) is 5.75 Å². The minimum absolute atomic E-state index is 0.878. The minimum Gasteiger partial charge on any atom is -0.494 e. The Bertz CT molecular complexity index is 400. The Labute approximate surface area is 143 Å². The van der Waals surface area contributed by atoms with Crippen molar-refractivity contribution in [3.8, 4) is 5.75 Å². The zero-order valence-corrected chi connectivity index (χ0v) is 15.4. The average molecular weight is 317 g/mol. The monoisotopic (exact) mass is 316 g/mol. The van der Waals surface area contributed by atoms with Gasteiger partial charge < -0.3 is 4.74 Å². The molecule has 0 saturated heterocycles. The zero-order chi connectivity index (χ0) is 16.3. The van der Waals surface area contributed by atoms with Crippen LogP contribution in [-0.4, -0.2) is 6.61 Å². The molecule has 0 N–H and O–H groups in total. The number of unbranched alkanes of at least 4 members (excludes halogenated alkanes) is 2. The van der Waals surface area contributed by atoms with Crippen molar-refractivity contribution in [2.45, 2.75) is 84.5 Å². The van der Waals surface area contributed by atoms with Crippen LogP contribution in [-0.2, 0) is 6.42 Å². The summed E-state index contributed by atoms with van der Waals surface area (Å²) in [5, 5.41) is 0. The molecule has 1 nitrogen and oxygen atoms in total. The molecule has 0 aliphatic heterocycles. The molecule has 0 amide bonds. The second-order valence-corrected chi connectivity index (χ2v) is 7.39. The number of hydrogen-bond donors (Lipinski definition) is 0. The average Bonchev–Trinajstić information content (AvgIpc) is 2.61. The lowest BCUT2D eigenvalue weighted by atomic mass is 9.79. The van der Waals surface area contributed by atoms with Gasteiger partial charge in [-0.1, -0.05) is 70.9 Å². The summed E-state index contributed by atoms with van der Waals surface area (Å²) in [5.41, 5.74) is 1.44. The van der Waals surface area contributed by atoms with E-state index in [1.165, 1.54) is 76.2 Å². The summed E-state index contributed by atoms with van der Waals surface area (Å²) < 4.78 is 5.92. The van der Waals surface area contributed by atoms with E-state index in [2.05, 4.69) is 38.1 Å². The summed E-state index contributed by atoms with van der Waals surface area (Å²) >= 11 is 0. The molecule has 1 aliphatic rings. The van der Waals surface area contributed by atoms with Crippen LogP contribution in [0, 0.1) is 11.8 Å². The lowest BCUT2D eigenvalue weighted by Gasteiger charge is -2.27. The van der Waals surface area contributed by atoms with Crippen LogP contribution in [0.4, 0.5) is 0 Å². The van der Waals surface area contributed by atoms with Crippen molar-refractivity contribution < 1.29 is 4.74 Å². The Morgan fingerprint density at radius 2 is 1.57 bits per heavy atom. The van der Waals surface area contributed by atoms with Crippen molar-refractivity contribution >= 4 is 0 Å². The van der Waals surface area contributed by atoms with Gasteiger partial charge in [-0.2, -0.15) is 0 Å². The van der Waals surface area contributed by atoms with Gasteiger partial charge in [0.25, 0.3) is 0 Å². The lowest BCUT2D eigenvalue weighted by molar-refractivity contribution is 0.234. The Morgan fingerprint density at radius 3 is 2.22 bits per heavy atom. The molecule has 0 atom stereocenters. The molecule has 0 spiro atoms. The molecule has 0 heterocycles. The fourth-order valence-corrected chi connectivity index (χ4v) is 3.82. The lowest BCUT2D eigenvalue weighted by Crippen LogP contribution is -2.14. The highest BCUT2D eigenvalue weighted by atomic mass is 16.5. The third kappa shape index (κ3) is 6.97. The normalized spacial score (nSPS) is 21.3. The molecule has 1 aromatic carbocycles. The predicted octanol–water partition coefficient (Wildman–Crippen LogP) is 6.79. The maximum absolute atomic E-state index is 5.92. The SMILES string of the molecule is CCCCCc1ccc(OCCC[C@H]2CC[C@H](CC)CC2)cc1. The first kappa shape index (κ1) is 18.4. The second-order valence-electron chi connectivity index (χ2n) is 7.39. The van der Waals surface area contributed by atoms with E-state index in [4.69, 9.17) is 4.74 Å². The smallest absolute Gasteiger partial charge is 0.119 e. The van der Waals surface area contributed by atoms with Crippen LogP contribution < -0.4 is 4.74 Å². The maximum Gasteiger partial charge on any atom is 0.119 e. The highest BCUT2D eigenvalue weighted by molar-refractivity contribution is 5.27. The summed E-state index contributed by atoms with van der Waals surface area (Å²) in [6.07, 6.45) is 14.9. The number of rotatable bonds is 10. The zero-order valence-electron chi connectivity index (χ0n) is 15.4. The van der Waals surface area contributed by atoms with Gasteiger partial charge in [0.05, 0.1) is 6.61 Å². The third-order valence-electron chi connectivity index (χ3n) is 5.56. The first-order chi connectivity index (χ1) is 11.3. The maximum atomic E-state index is 5.92. The van der Waals surface area contributed by atoms with Crippen LogP contribution in [0.15, 0.2) is 24.3 Å². The van der Waals surface area contributed by atoms with Gasteiger partial charge in [-0.05, 0) is 55.2 Å². The molecule has 130 valence electrons. The molecule has 1 aliphatic carbocycles. The van der Waals surface area contributed by atoms with Crippen molar-refractivity contribution in [2.24, 2.45) is 11.8 Å². The second kappa shape index (κ2) is 10.7. The van der Waals surface area contributed by atoms with Gasteiger partial charge in [-0.3, -0.25) is 0 Å². The van der Waals surface area contributed by atoms with E-state index in [0.29, 0.717) is 0 Å². The van der Waals surface area contributed by atoms with Crippen molar-refractivity contribution in [1.29, 1.82) is 0 Å². The predicted molar refractivity (Wildman–Crippen MR) is 100 cm³/mol. The topological polar surface area (TPSA) is 9.23 Å². The van der Waals surface area contributed by atoms with Crippen molar-refractivity contribution in [2.75, 3.05) is 6.61 Å². The van der Waals surface area contributed by atoms with E-state index in [1.807, 2.05) is 0 Å². The van der Waals surface area contributed by atoms with Crippen LogP contribution in [0.2, 0.25) is 0 Å². The van der Waals surface area contributed by atoms with Crippen LogP contribution in [0.3, 0.4) is 0 Å². The van der Waals surface area contributed by atoms with E-state index in [9.17, 15) is 0 Å². The van der Waals surface area contributed by atoms with Crippen LogP contribution in [0.25, 0.3) is 0 Å². The number of benzene rings is 1. The molecule has 1 heteroatoms. The summed E-state index contributed by atoms with van der Waals surface area (Å²) in [7, 11) is 0. The molecule has 1 fully saturated rings. The molecule has 1 saturated carbocycles. The Balaban J connectivity index is 1.57. The van der Waals surface area contributed by atoms with Crippen LogP contribution in [0.1, 0.15) is 83.6 Å². The van der Waals surface area contributed by atoms with E-state index in [-0.39, 0.29) is 0 Å².